The van der Waals surface area contributed by atoms with Gasteiger partial charge in [0, 0.05) is 17.8 Å². The molecular weight excluding hydrogens is 198 g/mol. The maximum absolute atomic E-state index is 4.10. The molecule has 3 rings (SSSR count). The highest BCUT2D eigenvalue weighted by Gasteiger charge is 2.23. The highest BCUT2D eigenvalue weighted by molar-refractivity contribution is 5.69. The molecule has 1 aromatic heterocycles. The van der Waals surface area contributed by atoms with Crippen LogP contribution >= 0.6 is 0 Å². The van der Waals surface area contributed by atoms with E-state index < -0.39 is 0 Å². The lowest BCUT2D eigenvalue weighted by Gasteiger charge is -2.21. The Morgan fingerprint density at radius 2 is 2.19 bits per heavy atom. The van der Waals surface area contributed by atoms with Gasteiger partial charge in [-0.3, -0.25) is 5.10 Å². The van der Waals surface area contributed by atoms with E-state index in [1.165, 1.54) is 22.4 Å². The van der Waals surface area contributed by atoms with Crippen molar-refractivity contribution in [2.24, 2.45) is 0 Å². The SMILES string of the molecule is Cc1cccc(N2CCc3cn[nH]c32)c1C. The lowest BCUT2D eigenvalue weighted by Crippen LogP contribution is -2.15. The third-order valence-electron chi connectivity index (χ3n) is 3.44. The summed E-state index contributed by atoms with van der Waals surface area (Å²) in [6.07, 6.45) is 3.01. The summed E-state index contributed by atoms with van der Waals surface area (Å²) in [5.74, 6) is 1.16. The van der Waals surface area contributed by atoms with Gasteiger partial charge in [0.05, 0.1) is 6.20 Å². The average molecular weight is 213 g/mol. The van der Waals surface area contributed by atoms with Crippen molar-refractivity contribution in [2.45, 2.75) is 20.3 Å². The zero-order chi connectivity index (χ0) is 11.1. The van der Waals surface area contributed by atoms with Gasteiger partial charge in [-0.05, 0) is 37.5 Å². The number of aryl methyl sites for hydroxylation is 1. The van der Waals surface area contributed by atoms with E-state index in [1.807, 2.05) is 6.20 Å². The Morgan fingerprint density at radius 1 is 1.31 bits per heavy atom. The number of fused-ring (bicyclic) bond motifs is 1. The fourth-order valence-electron chi connectivity index (χ4n) is 2.33. The number of aromatic amines is 1. The molecule has 1 aromatic carbocycles. The Bertz CT molecular complexity index is 528. The second-order valence-corrected chi connectivity index (χ2v) is 4.36. The Kier molecular flexibility index (Phi) is 1.99. The van der Waals surface area contributed by atoms with E-state index in [9.17, 15) is 0 Å². The average Bonchev–Trinajstić information content (AvgIpc) is 2.84. The molecule has 16 heavy (non-hydrogen) atoms. The number of H-pyrrole nitrogens is 1. The van der Waals surface area contributed by atoms with E-state index in [1.54, 1.807) is 0 Å². The van der Waals surface area contributed by atoms with E-state index >= 15 is 0 Å². The van der Waals surface area contributed by atoms with Crippen LogP contribution in [0, 0.1) is 13.8 Å². The summed E-state index contributed by atoms with van der Waals surface area (Å²) in [7, 11) is 0. The van der Waals surface area contributed by atoms with Crippen LogP contribution in [-0.4, -0.2) is 16.7 Å². The van der Waals surface area contributed by atoms with Gasteiger partial charge >= 0.3 is 0 Å². The van der Waals surface area contributed by atoms with Crippen LogP contribution in [0.15, 0.2) is 24.4 Å². The van der Waals surface area contributed by atoms with Crippen LogP contribution in [0.2, 0.25) is 0 Å². The van der Waals surface area contributed by atoms with Crippen molar-refractivity contribution in [3.8, 4) is 0 Å². The van der Waals surface area contributed by atoms with Gasteiger partial charge in [-0.15, -0.1) is 0 Å². The Hall–Kier alpha value is -1.77. The van der Waals surface area contributed by atoms with Gasteiger partial charge in [-0.1, -0.05) is 12.1 Å². The summed E-state index contributed by atoms with van der Waals surface area (Å²) in [5, 5.41) is 7.19. The molecule has 0 aliphatic carbocycles. The van der Waals surface area contributed by atoms with E-state index in [0.717, 1.165) is 18.8 Å². The normalized spacial score (nSPS) is 14.2. The lowest BCUT2D eigenvalue weighted by atomic mass is 10.1. The second kappa shape index (κ2) is 3.37. The number of rotatable bonds is 1. The third kappa shape index (κ3) is 1.24. The van der Waals surface area contributed by atoms with Crippen LogP contribution in [0.1, 0.15) is 16.7 Å². The van der Waals surface area contributed by atoms with Crippen molar-refractivity contribution in [1.29, 1.82) is 0 Å². The van der Waals surface area contributed by atoms with Gasteiger partial charge in [0.15, 0.2) is 0 Å². The number of hydrogen-bond acceptors (Lipinski definition) is 2. The van der Waals surface area contributed by atoms with Gasteiger partial charge in [0.25, 0.3) is 0 Å². The van der Waals surface area contributed by atoms with Crippen molar-refractivity contribution < 1.29 is 0 Å². The van der Waals surface area contributed by atoms with Crippen LogP contribution in [0.5, 0.6) is 0 Å². The van der Waals surface area contributed by atoms with Gasteiger partial charge in [-0.2, -0.15) is 5.10 Å². The fraction of sp³-hybridized carbons (Fsp3) is 0.308. The maximum atomic E-state index is 4.10. The van der Waals surface area contributed by atoms with E-state index in [0.29, 0.717) is 0 Å². The molecule has 2 heterocycles. The second-order valence-electron chi connectivity index (χ2n) is 4.36. The van der Waals surface area contributed by atoms with Gasteiger partial charge in [0.1, 0.15) is 5.82 Å². The smallest absolute Gasteiger partial charge is 0.131 e. The number of benzene rings is 1. The highest BCUT2D eigenvalue weighted by Crippen LogP contribution is 2.34. The lowest BCUT2D eigenvalue weighted by molar-refractivity contribution is 0.941. The summed E-state index contributed by atoms with van der Waals surface area (Å²) in [4.78, 5) is 2.32. The van der Waals surface area contributed by atoms with Crippen LogP contribution in [-0.2, 0) is 6.42 Å². The molecule has 0 unspecified atom stereocenters. The third-order valence-corrected chi connectivity index (χ3v) is 3.44. The Labute approximate surface area is 95.1 Å². The Morgan fingerprint density at radius 3 is 3.06 bits per heavy atom. The summed E-state index contributed by atoms with van der Waals surface area (Å²) in [6.45, 7) is 5.38. The molecule has 0 radical (unpaired) electrons. The van der Waals surface area contributed by atoms with Crippen LogP contribution in [0.25, 0.3) is 0 Å². The molecule has 0 fully saturated rings. The summed E-state index contributed by atoms with van der Waals surface area (Å²) in [5.41, 5.74) is 5.30. The standard InChI is InChI=1S/C13H15N3/c1-9-4-3-5-12(10(9)2)16-7-6-11-8-14-15-13(11)16/h3-5,8H,6-7H2,1-2H3,(H,14,15). The van der Waals surface area contributed by atoms with Gasteiger partial charge < -0.3 is 4.90 Å². The van der Waals surface area contributed by atoms with E-state index in [2.05, 4.69) is 47.1 Å². The molecule has 3 heteroatoms. The van der Waals surface area contributed by atoms with Crippen molar-refractivity contribution in [3.63, 3.8) is 0 Å². The van der Waals surface area contributed by atoms with Gasteiger partial charge in [0.2, 0.25) is 0 Å². The van der Waals surface area contributed by atoms with Crippen LogP contribution < -0.4 is 4.90 Å². The van der Waals surface area contributed by atoms with Crippen molar-refractivity contribution in [2.75, 3.05) is 11.4 Å². The first-order chi connectivity index (χ1) is 7.77. The predicted octanol–water partition coefficient (Wildman–Crippen LogP) is 2.72. The highest BCUT2D eigenvalue weighted by atomic mass is 15.3. The maximum Gasteiger partial charge on any atom is 0.131 e. The first-order valence-corrected chi connectivity index (χ1v) is 5.63. The van der Waals surface area contributed by atoms with E-state index in [4.69, 9.17) is 0 Å². The molecule has 1 aliphatic heterocycles. The molecule has 0 saturated carbocycles. The summed E-state index contributed by atoms with van der Waals surface area (Å²) >= 11 is 0. The number of hydrogen-bond donors (Lipinski definition) is 1. The quantitative estimate of drug-likeness (QED) is 0.789. The van der Waals surface area contributed by atoms with Crippen molar-refractivity contribution >= 4 is 11.5 Å². The van der Waals surface area contributed by atoms with E-state index in [-0.39, 0.29) is 0 Å². The number of nitrogens with one attached hydrogen (secondary N) is 1. The first-order valence-electron chi connectivity index (χ1n) is 5.63. The molecule has 3 nitrogen and oxygen atoms in total. The topological polar surface area (TPSA) is 31.9 Å². The Balaban J connectivity index is 2.09. The summed E-state index contributed by atoms with van der Waals surface area (Å²) < 4.78 is 0. The molecule has 0 bridgehead atoms. The molecule has 1 N–H and O–H groups in total. The molecule has 82 valence electrons. The van der Waals surface area contributed by atoms with Gasteiger partial charge in [-0.25, -0.2) is 0 Å². The number of aromatic nitrogens is 2. The minimum absolute atomic E-state index is 1.05. The molecule has 0 atom stereocenters. The monoisotopic (exact) mass is 213 g/mol. The fourth-order valence-corrected chi connectivity index (χ4v) is 2.33. The number of anilines is 2. The minimum Gasteiger partial charge on any atom is -0.326 e. The predicted molar refractivity (Wildman–Crippen MR) is 65.2 cm³/mol. The summed E-state index contributed by atoms with van der Waals surface area (Å²) in [6, 6.07) is 6.45. The molecular formula is C13H15N3. The van der Waals surface area contributed by atoms with Crippen molar-refractivity contribution in [3.05, 3.63) is 41.1 Å². The van der Waals surface area contributed by atoms with Crippen LogP contribution in [0.3, 0.4) is 0 Å². The minimum atomic E-state index is 1.05. The molecule has 0 amide bonds. The molecule has 0 saturated heterocycles. The molecule has 1 aliphatic rings. The van der Waals surface area contributed by atoms with Crippen molar-refractivity contribution in [1.82, 2.24) is 10.2 Å². The first kappa shape index (κ1) is 9.46. The van der Waals surface area contributed by atoms with Crippen LogP contribution in [0.4, 0.5) is 11.5 Å². The number of nitrogens with zero attached hydrogens (tertiary/aromatic N) is 2. The zero-order valence-electron chi connectivity index (χ0n) is 9.62. The molecule has 0 spiro atoms. The zero-order valence-corrected chi connectivity index (χ0v) is 9.62. The molecule has 2 aromatic rings. The largest absolute Gasteiger partial charge is 0.326 e.